The molecule has 0 saturated carbocycles. The molecule has 3 aromatic carbocycles. The van der Waals surface area contributed by atoms with Crippen LogP contribution in [-0.2, 0) is 19.6 Å². The van der Waals surface area contributed by atoms with Gasteiger partial charge in [-0.05, 0) is 23.8 Å². The number of H-pyrrole nitrogens is 1. The van der Waals surface area contributed by atoms with E-state index in [4.69, 9.17) is 14.2 Å². The number of aromatic nitrogens is 1. The number of benzene rings is 3. The Morgan fingerprint density at radius 1 is 0.944 bits per heavy atom. The van der Waals surface area contributed by atoms with E-state index in [1.165, 1.54) is 0 Å². The fraction of sp³-hybridized carbons (Fsp3) is 0.214. The maximum absolute atomic E-state index is 13.3. The van der Waals surface area contributed by atoms with E-state index in [2.05, 4.69) is 10.3 Å². The second-order valence-corrected chi connectivity index (χ2v) is 8.52. The van der Waals surface area contributed by atoms with Crippen molar-refractivity contribution in [2.45, 2.75) is 19.6 Å². The Balaban J connectivity index is 1.44. The van der Waals surface area contributed by atoms with Crippen LogP contribution in [0.4, 0.5) is 4.79 Å². The zero-order chi connectivity index (χ0) is 24.9. The predicted molar refractivity (Wildman–Crippen MR) is 136 cm³/mol. The molecule has 4 aromatic rings. The zero-order valence-electron chi connectivity index (χ0n) is 20.0. The summed E-state index contributed by atoms with van der Waals surface area (Å²) < 4.78 is 16.8. The highest BCUT2D eigenvalue weighted by Crippen LogP contribution is 2.33. The van der Waals surface area contributed by atoms with Crippen LogP contribution in [0.5, 0.6) is 17.2 Å². The van der Waals surface area contributed by atoms with Crippen molar-refractivity contribution < 1.29 is 19.0 Å². The first-order chi connectivity index (χ1) is 17.6. The average Bonchev–Trinajstić information content (AvgIpc) is 2.91. The van der Waals surface area contributed by atoms with Crippen molar-refractivity contribution in [3.8, 4) is 17.2 Å². The van der Waals surface area contributed by atoms with Gasteiger partial charge in [0, 0.05) is 29.1 Å². The third-order valence-electron chi connectivity index (χ3n) is 6.07. The molecule has 1 aliphatic rings. The van der Waals surface area contributed by atoms with Crippen molar-refractivity contribution in [1.29, 1.82) is 0 Å². The largest absolute Gasteiger partial charge is 0.496 e. The molecule has 2 heterocycles. The van der Waals surface area contributed by atoms with Crippen molar-refractivity contribution in [1.82, 2.24) is 15.2 Å². The molecule has 0 radical (unpaired) electrons. The molecular formula is C28H27N3O5. The number of carbonyl (C=O) groups excluding carboxylic acids is 1. The van der Waals surface area contributed by atoms with Gasteiger partial charge in [-0.3, -0.25) is 4.79 Å². The van der Waals surface area contributed by atoms with Crippen LogP contribution in [0.25, 0.3) is 10.9 Å². The molecule has 8 heteroatoms. The summed E-state index contributed by atoms with van der Waals surface area (Å²) in [7, 11) is 1.60. The van der Waals surface area contributed by atoms with Crippen LogP contribution in [0.1, 0.15) is 16.7 Å². The fourth-order valence-corrected chi connectivity index (χ4v) is 4.24. The summed E-state index contributed by atoms with van der Waals surface area (Å²) in [6.07, 6.45) is 0. The van der Waals surface area contributed by atoms with Crippen molar-refractivity contribution in [2.24, 2.45) is 0 Å². The summed E-state index contributed by atoms with van der Waals surface area (Å²) in [4.78, 5) is 30.8. The number of nitrogens with one attached hydrogen (secondary N) is 2. The second kappa shape index (κ2) is 10.4. The number of pyridine rings is 1. The molecule has 1 aromatic heterocycles. The van der Waals surface area contributed by atoms with Crippen LogP contribution in [0.2, 0.25) is 0 Å². The molecule has 0 atom stereocenters. The Morgan fingerprint density at radius 2 is 1.64 bits per heavy atom. The molecule has 36 heavy (non-hydrogen) atoms. The molecule has 0 unspecified atom stereocenters. The van der Waals surface area contributed by atoms with Crippen molar-refractivity contribution >= 4 is 16.9 Å². The number of hydrogen-bond acceptors (Lipinski definition) is 5. The Kier molecular flexibility index (Phi) is 6.75. The van der Waals surface area contributed by atoms with Gasteiger partial charge in [0.2, 0.25) is 0 Å². The molecule has 2 N–H and O–H groups in total. The number of methoxy groups -OCH3 is 1. The Hall–Kier alpha value is -4.46. The van der Waals surface area contributed by atoms with Crippen LogP contribution < -0.4 is 25.1 Å². The molecule has 2 amide bonds. The highest BCUT2D eigenvalue weighted by molar-refractivity contribution is 5.83. The number of rotatable bonds is 7. The standard InChI is InChI=1S/C28H27N3O5/c1-34-24-10-6-5-9-20(24)17-31(28(33)29-16-19-7-3-2-4-8-19)18-22-13-21-14-25-26(36-12-11-35-25)15-23(21)30-27(22)32/h2-10,13-15H,11-12,16-18H2,1H3,(H,29,33)(H,30,32). The van der Waals surface area contributed by atoms with Gasteiger partial charge in [0.1, 0.15) is 19.0 Å². The van der Waals surface area contributed by atoms with E-state index < -0.39 is 0 Å². The molecule has 5 rings (SSSR count). The Bertz CT molecular complexity index is 1430. The number of ether oxygens (including phenoxy) is 3. The molecule has 0 bridgehead atoms. The number of carbonyl (C=O) groups is 1. The number of aromatic amines is 1. The molecule has 0 fully saturated rings. The number of nitrogens with zero attached hydrogens (tertiary/aromatic N) is 1. The summed E-state index contributed by atoms with van der Waals surface area (Å²) in [5.41, 5.74) is 2.67. The second-order valence-electron chi connectivity index (χ2n) is 8.52. The van der Waals surface area contributed by atoms with Crippen molar-refractivity contribution in [3.63, 3.8) is 0 Å². The third kappa shape index (κ3) is 5.12. The van der Waals surface area contributed by atoms with E-state index in [9.17, 15) is 9.59 Å². The van der Waals surface area contributed by atoms with Crippen LogP contribution in [-0.4, -0.2) is 36.2 Å². The third-order valence-corrected chi connectivity index (χ3v) is 6.07. The van der Waals surface area contributed by atoms with Crippen LogP contribution in [0.15, 0.2) is 77.6 Å². The molecule has 0 saturated heterocycles. The van der Waals surface area contributed by atoms with Gasteiger partial charge in [0.15, 0.2) is 11.5 Å². The minimum atomic E-state index is -0.286. The van der Waals surface area contributed by atoms with E-state index in [0.29, 0.717) is 48.1 Å². The first kappa shape index (κ1) is 23.3. The van der Waals surface area contributed by atoms with E-state index in [1.54, 1.807) is 24.1 Å². The quantitative estimate of drug-likeness (QED) is 0.409. The van der Waals surface area contributed by atoms with Crippen LogP contribution in [0.3, 0.4) is 0 Å². The highest BCUT2D eigenvalue weighted by Gasteiger charge is 2.20. The number of para-hydroxylation sites is 1. The van der Waals surface area contributed by atoms with Gasteiger partial charge < -0.3 is 29.4 Å². The van der Waals surface area contributed by atoms with Crippen molar-refractivity contribution in [2.75, 3.05) is 20.3 Å². The summed E-state index contributed by atoms with van der Waals surface area (Å²) >= 11 is 0. The van der Waals surface area contributed by atoms with Gasteiger partial charge in [-0.1, -0.05) is 48.5 Å². The highest BCUT2D eigenvalue weighted by atomic mass is 16.6. The van der Waals surface area contributed by atoms with E-state index in [-0.39, 0.29) is 24.7 Å². The molecule has 184 valence electrons. The summed E-state index contributed by atoms with van der Waals surface area (Å²) in [6, 6.07) is 22.3. The lowest BCUT2D eigenvalue weighted by Gasteiger charge is -2.24. The maximum Gasteiger partial charge on any atom is 0.318 e. The number of urea groups is 1. The molecule has 8 nitrogen and oxygen atoms in total. The minimum Gasteiger partial charge on any atom is -0.496 e. The Labute approximate surface area is 208 Å². The molecule has 0 spiro atoms. The SMILES string of the molecule is COc1ccccc1CN(Cc1cc2cc3c(cc2[nH]c1=O)OCCO3)C(=O)NCc1ccccc1. The average molecular weight is 486 g/mol. The van der Waals surface area contributed by atoms with Gasteiger partial charge in [0.25, 0.3) is 5.56 Å². The summed E-state index contributed by atoms with van der Waals surface area (Å²) in [5.74, 6) is 1.92. The normalized spacial score (nSPS) is 12.2. The van der Waals surface area contributed by atoms with Crippen molar-refractivity contribution in [3.05, 3.63) is 99.8 Å². The van der Waals surface area contributed by atoms with Crippen LogP contribution >= 0.6 is 0 Å². The van der Waals surface area contributed by atoms with E-state index in [0.717, 1.165) is 16.5 Å². The summed E-state index contributed by atoms with van der Waals surface area (Å²) in [6.45, 7) is 1.70. The summed E-state index contributed by atoms with van der Waals surface area (Å²) in [5, 5.41) is 3.77. The number of hydrogen-bond donors (Lipinski definition) is 2. The van der Waals surface area contributed by atoms with Gasteiger partial charge in [0.05, 0.1) is 25.7 Å². The minimum absolute atomic E-state index is 0.110. The lowest BCUT2D eigenvalue weighted by molar-refractivity contribution is 0.172. The number of amides is 2. The smallest absolute Gasteiger partial charge is 0.318 e. The molecule has 0 aliphatic carbocycles. The monoisotopic (exact) mass is 485 g/mol. The van der Waals surface area contributed by atoms with Gasteiger partial charge in [-0.15, -0.1) is 0 Å². The van der Waals surface area contributed by atoms with E-state index in [1.807, 2.05) is 60.7 Å². The van der Waals surface area contributed by atoms with Gasteiger partial charge >= 0.3 is 6.03 Å². The Morgan fingerprint density at radius 3 is 2.42 bits per heavy atom. The predicted octanol–water partition coefficient (Wildman–Crippen LogP) is 4.22. The first-order valence-electron chi connectivity index (χ1n) is 11.7. The maximum atomic E-state index is 13.3. The van der Waals surface area contributed by atoms with Crippen LogP contribution in [0, 0.1) is 0 Å². The lowest BCUT2D eigenvalue weighted by atomic mass is 10.1. The van der Waals surface area contributed by atoms with E-state index >= 15 is 0 Å². The zero-order valence-corrected chi connectivity index (χ0v) is 20.0. The molecule has 1 aliphatic heterocycles. The van der Waals surface area contributed by atoms with Gasteiger partial charge in [-0.25, -0.2) is 4.79 Å². The topological polar surface area (TPSA) is 92.9 Å². The van der Waals surface area contributed by atoms with Gasteiger partial charge in [-0.2, -0.15) is 0 Å². The fourth-order valence-electron chi connectivity index (χ4n) is 4.24. The lowest BCUT2D eigenvalue weighted by Crippen LogP contribution is -2.40. The molecular weight excluding hydrogens is 458 g/mol. The number of fused-ring (bicyclic) bond motifs is 2. The first-order valence-corrected chi connectivity index (χ1v) is 11.7.